The fourth-order valence-corrected chi connectivity index (χ4v) is 1.28. The van der Waals surface area contributed by atoms with E-state index in [2.05, 4.69) is 29.1 Å². The van der Waals surface area contributed by atoms with E-state index in [-0.39, 0.29) is 0 Å². The molecule has 3 heteroatoms. The quantitative estimate of drug-likeness (QED) is 0.706. The van der Waals surface area contributed by atoms with Gasteiger partial charge in [-0.2, -0.15) is 0 Å². The molecule has 0 aliphatic heterocycles. The largest absolute Gasteiger partial charge is 0.370 e. The van der Waals surface area contributed by atoms with Crippen LogP contribution in [0, 0.1) is 0 Å². The van der Waals surface area contributed by atoms with E-state index >= 15 is 0 Å². The highest BCUT2D eigenvalue weighted by Gasteiger charge is 1.95. The molecule has 0 aliphatic carbocycles. The van der Waals surface area contributed by atoms with Gasteiger partial charge in [-0.1, -0.05) is 26.7 Å². The van der Waals surface area contributed by atoms with Gasteiger partial charge in [-0.05, 0) is 12.8 Å². The van der Waals surface area contributed by atoms with E-state index in [0.29, 0.717) is 0 Å². The number of aryl methyl sites for hydroxylation is 1. The molecule has 1 aromatic rings. The highest BCUT2D eigenvalue weighted by atomic mass is 15.0. The first-order valence-electron chi connectivity index (χ1n) is 5.41. The summed E-state index contributed by atoms with van der Waals surface area (Å²) in [6.45, 7) is 5.32. The molecule has 0 amide bonds. The van der Waals surface area contributed by atoms with Crippen LogP contribution in [0.15, 0.2) is 12.4 Å². The summed E-state index contributed by atoms with van der Waals surface area (Å²) in [5, 5.41) is 3.30. The molecule has 1 heterocycles. The Balaban J connectivity index is 2.34. The molecular formula is C11H19N3. The second kappa shape index (κ2) is 6.35. The summed E-state index contributed by atoms with van der Waals surface area (Å²) >= 11 is 0. The van der Waals surface area contributed by atoms with Crippen molar-refractivity contribution in [1.29, 1.82) is 0 Å². The lowest BCUT2D eigenvalue weighted by molar-refractivity contribution is 0.742. The second-order valence-corrected chi connectivity index (χ2v) is 3.38. The number of hydrogen-bond acceptors (Lipinski definition) is 3. The van der Waals surface area contributed by atoms with Crippen molar-refractivity contribution in [2.45, 2.75) is 39.5 Å². The number of unbranched alkanes of at least 4 members (excludes halogenated alkanes) is 2. The predicted octanol–water partition coefficient (Wildman–Crippen LogP) is 2.64. The summed E-state index contributed by atoms with van der Waals surface area (Å²) in [6.07, 6.45) is 6.33. The Labute approximate surface area is 86.0 Å². The second-order valence-electron chi connectivity index (χ2n) is 3.38. The minimum Gasteiger partial charge on any atom is -0.370 e. The van der Waals surface area contributed by atoms with Crippen LogP contribution in [0.25, 0.3) is 0 Å². The third-order valence-electron chi connectivity index (χ3n) is 2.17. The minimum atomic E-state index is 0.952. The van der Waals surface area contributed by atoms with Crippen LogP contribution >= 0.6 is 0 Å². The molecule has 0 aromatic carbocycles. The number of aromatic nitrogens is 2. The average Bonchev–Trinajstić information content (AvgIpc) is 2.25. The Hall–Kier alpha value is -1.12. The van der Waals surface area contributed by atoms with Gasteiger partial charge in [-0.15, -0.1) is 0 Å². The molecule has 1 aromatic heterocycles. The lowest BCUT2D eigenvalue weighted by Gasteiger charge is -2.05. The molecule has 0 spiro atoms. The maximum atomic E-state index is 4.16. The molecule has 1 N–H and O–H groups in total. The third kappa shape index (κ3) is 3.73. The van der Waals surface area contributed by atoms with Crippen LogP contribution in [0.5, 0.6) is 0 Å². The van der Waals surface area contributed by atoms with Crippen LogP contribution in [0.4, 0.5) is 5.82 Å². The van der Waals surface area contributed by atoms with E-state index in [1.165, 1.54) is 19.3 Å². The molecule has 78 valence electrons. The van der Waals surface area contributed by atoms with Gasteiger partial charge < -0.3 is 5.32 Å². The van der Waals surface area contributed by atoms with Crippen molar-refractivity contribution in [2.75, 3.05) is 11.9 Å². The van der Waals surface area contributed by atoms with E-state index in [1.54, 1.807) is 6.33 Å². The summed E-state index contributed by atoms with van der Waals surface area (Å²) in [5.74, 6) is 0.952. The zero-order valence-corrected chi connectivity index (χ0v) is 9.08. The van der Waals surface area contributed by atoms with Crippen molar-refractivity contribution in [2.24, 2.45) is 0 Å². The third-order valence-corrected chi connectivity index (χ3v) is 2.17. The standard InChI is InChI=1S/C11H19N3/c1-3-5-6-7-12-11-8-10(4-2)13-9-14-11/h8-9H,3-7H2,1-2H3,(H,12,13,14). The molecule has 14 heavy (non-hydrogen) atoms. The Morgan fingerprint density at radius 2 is 2.07 bits per heavy atom. The van der Waals surface area contributed by atoms with Gasteiger partial charge in [0, 0.05) is 18.3 Å². The van der Waals surface area contributed by atoms with Gasteiger partial charge in [0.05, 0.1) is 0 Å². The first-order chi connectivity index (χ1) is 6.86. The van der Waals surface area contributed by atoms with E-state index in [4.69, 9.17) is 0 Å². The summed E-state index contributed by atoms with van der Waals surface area (Å²) in [5.41, 5.74) is 1.10. The van der Waals surface area contributed by atoms with Crippen LogP contribution < -0.4 is 5.32 Å². The van der Waals surface area contributed by atoms with Crippen LogP contribution in [0.1, 0.15) is 38.8 Å². The van der Waals surface area contributed by atoms with Gasteiger partial charge in [0.1, 0.15) is 12.1 Å². The number of nitrogens with zero attached hydrogens (tertiary/aromatic N) is 2. The van der Waals surface area contributed by atoms with Crippen LogP contribution in [0.3, 0.4) is 0 Å². The lowest BCUT2D eigenvalue weighted by atomic mass is 10.2. The van der Waals surface area contributed by atoms with Crippen molar-refractivity contribution < 1.29 is 0 Å². The minimum absolute atomic E-state index is 0.952. The SMILES string of the molecule is CCCCCNc1cc(CC)ncn1. The van der Waals surface area contributed by atoms with Crippen molar-refractivity contribution in [1.82, 2.24) is 9.97 Å². The lowest BCUT2D eigenvalue weighted by Crippen LogP contribution is -2.04. The smallest absolute Gasteiger partial charge is 0.129 e. The zero-order valence-electron chi connectivity index (χ0n) is 9.08. The molecule has 0 fully saturated rings. The highest BCUT2D eigenvalue weighted by molar-refractivity contribution is 5.34. The molecule has 0 atom stereocenters. The summed E-state index contributed by atoms with van der Waals surface area (Å²) in [4.78, 5) is 8.31. The first kappa shape index (κ1) is 11.0. The van der Waals surface area contributed by atoms with Gasteiger partial charge in [0.15, 0.2) is 0 Å². The molecule has 0 aliphatic rings. The maximum Gasteiger partial charge on any atom is 0.129 e. The van der Waals surface area contributed by atoms with Crippen molar-refractivity contribution in [3.8, 4) is 0 Å². The van der Waals surface area contributed by atoms with E-state index in [1.807, 2.05) is 6.07 Å². The Kier molecular flexibility index (Phi) is 4.97. The Bertz CT molecular complexity index is 260. The number of hydrogen-bond donors (Lipinski definition) is 1. The van der Waals surface area contributed by atoms with E-state index in [9.17, 15) is 0 Å². The molecule has 0 radical (unpaired) electrons. The van der Waals surface area contributed by atoms with E-state index in [0.717, 1.165) is 24.5 Å². The molecule has 0 unspecified atom stereocenters. The summed E-state index contributed by atoms with van der Waals surface area (Å²) in [7, 11) is 0. The average molecular weight is 193 g/mol. The van der Waals surface area contributed by atoms with Crippen molar-refractivity contribution >= 4 is 5.82 Å². The van der Waals surface area contributed by atoms with E-state index < -0.39 is 0 Å². The highest BCUT2D eigenvalue weighted by Crippen LogP contribution is 2.04. The van der Waals surface area contributed by atoms with Crippen LogP contribution in [-0.4, -0.2) is 16.5 Å². The van der Waals surface area contributed by atoms with Gasteiger partial charge in [0.25, 0.3) is 0 Å². The fourth-order valence-electron chi connectivity index (χ4n) is 1.28. The number of nitrogens with one attached hydrogen (secondary N) is 1. The molecule has 1 rings (SSSR count). The monoisotopic (exact) mass is 193 g/mol. The predicted molar refractivity (Wildman–Crippen MR) is 59.4 cm³/mol. The van der Waals surface area contributed by atoms with Gasteiger partial charge in [0.2, 0.25) is 0 Å². The van der Waals surface area contributed by atoms with Gasteiger partial charge >= 0.3 is 0 Å². The topological polar surface area (TPSA) is 37.8 Å². The Morgan fingerprint density at radius 1 is 1.21 bits per heavy atom. The molecule has 0 bridgehead atoms. The fraction of sp³-hybridized carbons (Fsp3) is 0.636. The van der Waals surface area contributed by atoms with Gasteiger partial charge in [-0.3, -0.25) is 0 Å². The molecule has 0 saturated carbocycles. The first-order valence-corrected chi connectivity index (χ1v) is 5.41. The molecule has 3 nitrogen and oxygen atoms in total. The van der Waals surface area contributed by atoms with Gasteiger partial charge in [-0.25, -0.2) is 9.97 Å². The number of anilines is 1. The normalized spacial score (nSPS) is 10.1. The summed E-state index contributed by atoms with van der Waals surface area (Å²) < 4.78 is 0. The molecular weight excluding hydrogens is 174 g/mol. The van der Waals surface area contributed by atoms with Crippen molar-refractivity contribution in [3.05, 3.63) is 18.1 Å². The van der Waals surface area contributed by atoms with Crippen LogP contribution in [-0.2, 0) is 6.42 Å². The summed E-state index contributed by atoms with van der Waals surface area (Å²) in [6, 6.07) is 2.02. The molecule has 0 saturated heterocycles. The Morgan fingerprint density at radius 3 is 2.79 bits per heavy atom. The zero-order chi connectivity index (χ0) is 10.2. The van der Waals surface area contributed by atoms with Crippen molar-refractivity contribution in [3.63, 3.8) is 0 Å². The maximum absolute atomic E-state index is 4.16. The van der Waals surface area contributed by atoms with Crippen LogP contribution in [0.2, 0.25) is 0 Å². The number of rotatable bonds is 6.